The first-order valence-corrected chi connectivity index (χ1v) is 6.73. The van der Waals surface area contributed by atoms with E-state index in [-0.39, 0.29) is 0 Å². The fourth-order valence-electron chi connectivity index (χ4n) is 1.18. The van der Waals surface area contributed by atoms with Gasteiger partial charge in [0.2, 0.25) is 5.28 Å². The zero-order valence-electron chi connectivity index (χ0n) is 9.09. The minimum Gasteiger partial charge on any atom is -0.370 e. The van der Waals surface area contributed by atoms with Crippen LogP contribution in [0.2, 0.25) is 5.28 Å². The summed E-state index contributed by atoms with van der Waals surface area (Å²) in [5, 5.41) is 3.57. The van der Waals surface area contributed by atoms with E-state index in [0.29, 0.717) is 5.28 Å². The topological polar surface area (TPSA) is 37.8 Å². The summed E-state index contributed by atoms with van der Waals surface area (Å²) in [5.74, 6) is 2.06. The number of nitrogens with zero attached hydrogens (tertiary/aromatic N) is 2. The van der Waals surface area contributed by atoms with Gasteiger partial charge in [0.1, 0.15) is 5.82 Å². The van der Waals surface area contributed by atoms with Crippen LogP contribution < -0.4 is 5.32 Å². The van der Waals surface area contributed by atoms with Gasteiger partial charge in [-0.3, -0.25) is 0 Å². The molecule has 0 atom stereocenters. The smallest absolute Gasteiger partial charge is 0.224 e. The molecule has 0 radical (unpaired) electrons. The van der Waals surface area contributed by atoms with Gasteiger partial charge in [-0.15, -0.1) is 0 Å². The molecule has 84 valence electrons. The maximum Gasteiger partial charge on any atom is 0.224 e. The van der Waals surface area contributed by atoms with E-state index in [4.69, 9.17) is 11.6 Å². The van der Waals surface area contributed by atoms with Crippen LogP contribution in [0.5, 0.6) is 0 Å². The molecule has 0 aromatic carbocycles. The Kier molecular flexibility index (Phi) is 5.79. The molecular formula is C10H16ClN3S. The number of anilines is 1. The lowest BCUT2D eigenvalue weighted by atomic mass is 10.3. The molecule has 0 amide bonds. The lowest BCUT2D eigenvalue weighted by molar-refractivity contribution is 0.837. The lowest BCUT2D eigenvalue weighted by Gasteiger charge is -2.07. The monoisotopic (exact) mass is 245 g/mol. The predicted molar refractivity (Wildman–Crippen MR) is 67.9 cm³/mol. The SMILES string of the molecule is CSCCCCNc1nc(Cl)ncc1C. The van der Waals surface area contributed by atoms with Crippen molar-refractivity contribution in [3.63, 3.8) is 0 Å². The second kappa shape index (κ2) is 6.90. The van der Waals surface area contributed by atoms with E-state index < -0.39 is 0 Å². The van der Waals surface area contributed by atoms with Gasteiger partial charge in [0.15, 0.2) is 0 Å². The molecule has 0 saturated carbocycles. The molecule has 0 aliphatic carbocycles. The van der Waals surface area contributed by atoms with Crippen molar-refractivity contribution in [3.8, 4) is 0 Å². The number of rotatable bonds is 6. The fraction of sp³-hybridized carbons (Fsp3) is 0.600. The number of thioether (sulfide) groups is 1. The molecular weight excluding hydrogens is 230 g/mol. The Hall–Kier alpha value is -0.480. The van der Waals surface area contributed by atoms with Crippen molar-refractivity contribution in [2.24, 2.45) is 0 Å². The van der Waals surface area contributed by atoms with Crippen LogP contribution in [-0.4, -0.2) is 28.5 Å². The number of aromatic nitrogens is 2. The number of unbranched alkanes of at least 4 members (excludes halogenated alkanes) is 1. The summed E-state index contributed by atoms with van der Waals surface area (Å²) < 4.78 is 0. The molecule has 1 N–H and O–H groups in total. The Bertz CT molecular complexity index is 307. The number of hydrogen-bond donors (Lipinski definition) is 1. The van der Waals surface area contributed by atoms with Crippen molar-refractivity contribution in [2.45, 2.75) is 19.8 Å². The van der Waals surface area contributed by atoms with Crippen molar-refractivity contribution >= 4 is 29.2 Å². The van der Waals surface area contributed by atoms with E-state index in [0.717, 1.165) is 24.3 Å². The van der Waals surface area contributed by atoms with Gasteiger partial charge in [0.05, 0.1) is 0 Å². The van der Waals surface area contributed by atoms with E-state index in [2.05, 4.69) is 21.5 Å². The molecule has 0 bridgehead atoms. The Morgan fingerprint density at radius 1 is 1.47 bits per heavy atom. The highest BCUT2D eigenvalue weighted by atomic mass is 35.5. The van der Waals surface area contributed by atoms with Gasteiger partial charge in [0, 0.05) is 18.3 Å². The van der Waals surface area contributed by atoms with Gasteiger partial charge in [-0.2, -0.15) is 11.8 Å². The molecule has 15 heavy (non-hydrogen) atoms. The predicted octanol–water partition coefficient (Wildman–Crippen LogP) is 2.99. The fourth-order valence-corrected chi connectivity index (χ4v) is 1.80. The number of halogens is 1. The van der Waals surface area contributed by atoms with Crippen molar-refractivity contribution in [3.05, 3.63) is 17.0 Å². The Morgan fingerprint density at radius 3 is 3.00 bits per heavy atom. The van der Waals surface area contributed by atoms with Crippen LogP contribution in [-0.2, 0) is 0 Å². The maximum absolute atomic E-state index is 5.71. The van der Waals surface area contributed by atoms with E-state index in [1.165, 1.54) is 12.2 Å². The normalized spacial score (nSPS) is 10.3. The van der Waals surface area contributed by atoms with Crippen molar-refractivity contribution in [2.75, 3.05) is 23.9 Å². The third kappa shape index (κ3) is 4.71. The van der Waals surface area contributed by atoms with Crippen molar-refractivity contribution in [1.29, 1.82) is 0 Å². The average molecular weight is 246 g/mol. The van der Waals surface area contributed by atoms with Gasteiger partial charge in [0.25, 0.3) is 0 Å². The quantitative estimate of drug-likeness (QED) is 0.618. The summed E-state index contributed by atoms with van der Waals surface area (Å²) in [6, 6.07) is 0. The number of aryl methyl sites for hydroxylation is 1. The Balaban J connectivity index is 2.33. The highest BCUT2D eigenvalue weighted by Gasteiger charge is 2.00. The Morgan fingerprint density at radius 2 is 2.27 bits per heavy atom. The first-order valence-electron chi connectivity index (χ1n) is 4.96. The highest BCUT2D eigenvalue weighted by Crippen LogP contribution is 2.12. The van der Waals surface area contributed by atoms with Crippen LogP contribution in [0.4, 0.5) is 5.82 Å². The number of nitrogens with one attached hydrogen (secondary N) is 1. The second-order valence-electron chi connectivity index (χ2n) is 3.30. The van der Waals surface area contributed by atoms with Crippen LogP contribution in [0.15, 0.2) is 6.20 Å². The molecule has 0 fully saturated rings. The molecule has 0 aliphatic heterocycles. The van der Waals surface area contributed by atoms with Crippen LogP contribution in [0, 0.1) is 6.92 Å². The highest BCUT2D eigenvalue weighted by molar-refractivity contribution is 7.98. The first kappa shape index (κ1) is 12.6. The van der Waals surface area contributed by atoms with Crippen LogP contribution in [0.3, 0.4) is 0 Å². The standard InChI is InChI=1S/C10H16ClN3S/c1-8-7-13-10(11)14-9(8)12-5-3-4-6-15-2/h7H,3-6H2,1-2H3,(H,12,13,14). The van der Waals surface area contributed by atoms with Crippen molar-refractivity contribution in [1.82, 2.24) is 9.97 Å². The molecule has 0 spiro atoms. The van der Waals surface area contributed by atoms with E-state index in [1.807, 2.05) is 18.7 Å². The first-order chi connectivity index (χ1) is 7.24. The summed E-state index contributed by atoms with van der Waals surface area (Å²) in [4.78, 5) is 8.04. The molecule has 5 heteroatoms. The summed E-state index contributed by atoms with van der Waals surface area (Å²) in [7, 11) is 0. The second-order valence-corrected chi connectivity index (χ2v) is 4.62. The van der Waals surface area contributed by atoms with E-state index in [1.54, 1.807) is 6.20 Å². The zero-order valence-corrected chi connectivity index (χ0v) is 10.7. The van der Waals surface area contributed by atoms with Gasteiger partial charge in [-0.25, -0.2) is 9.97 Å². The van der Waals surface area contributed by atoms with Gasteiger partial charge < -0.3 is 5.32 Å². The molecule has 0 unspecified atom stereocenters. The van der Waals surface area contributed by atoms with Crippen molar-refractivity contribution < 1.29 is 0 Å². The van der Waals surface area contributed by atoms with Crippen LogP contribution in [0.1, 0.15) is 18.4 Å². The molecule has 3 nitrogen and oxygen atoms in total. The zero-order chi connectivity index (χ0) is 11.1. The summed E-state index contributed by atoms with van der Waals surface area (Å²) in [6.07, 6.45) is 6.25. The molecule has 0 saturated heterocycles. The summed E-state index contributed by atoms with van der Waals surface area (Å²) in [5.41, 5.74) is 1.03. The van der Waals surface area contributed by atoms with Crippen LogP contribution in [0.25, 0.3) is 0 Å². The van der Waals surface area contributed by atoms with E-state index in [9.17, 15) is 0 Å². The third-order valence-electron chi connectivity index (χ3n) is 2.01. The molecule has 1 heterocycles. The summed E-state index contributed by atoms with van der Waals surface area (Å²) >= 11 is 7.59. The largest absolute Gasteiger partial charge is 0.370 e. The minimum atomic E-state index is 0.298. The minimum absolute atomic E-state index is 0.298. The average Bonchev–Trinajstić information content (AvgIpc) is 2.23. The molecule has 1 aromatic heterocycles. The van der Waals surface area contributed by atoms with Gasteiger partial charge in [-0.1, -0.05) is 0 Å². The molecule has 0 aliphatic rings. The molecule has 1 rings (SSSR count). The van der Waals surface area contributed by atoms with Gasteiger partial charge >= 0.3 is 0 Å². The maximum atomic E-state index is 5.71. The number of hydrogen-bond acceptors (Lipinski definition) is 4. The third-order valence-corrected chi connectivity index (χ3v) is 2.89. The van der Waals surface area contributed by atoms with E-state index >= 15 is 0 Å². The van der Waals surface area contributed by atoms with Crippen LogP contribution >= 0.6 is 23.4 Å². The van der Waals surface area contributed by atoms with Gasteiger partial charge in [-0.05, 0) is 43.4 Å². The Labute approximate surface area is 100 Å². The summed E-state index contributed by atoms with van der Waals surface area (Å²) in [6.45, 7) is 2.91. The molecule has 1 aromatic rings. The lowest BCUT2D eigenvalue weighted by Crippen LogP contribution is -2.06.